The Bertz CT molecular complexity index is 416. The molecule has 0 saturated heterocycles. The zero-order chi connectivity index (χ0) is 11.6. The summed E-state index contributed by atoms with van der Waals surface area (Å²) in [6, 6.07) is 2.56. The van der Waals surface area contributed by atoms with Gasteiger partial charge in [-0.3, -0.25) is 0 Å². The van der Waals surface area contributed by atoms with Gasteiger partial charge in [0.1, 0.15) is 0 Å². The minimum atomic E-state index is -4.96. The fourth-order valence-corrected chi connectivity index (χ4v) is 1.04. The van der Waals surface area contributed by atoms with Crippen LogP contribution in [0, 0.1) is 23.0 Å². The van der Waals surface area contributed by atoms with Crippen molar-refractivity contribution in [2.75, 3.05) is 0 Å². The van der Waals surface area contributed by atoms with E-state index in [2.05, 4.69) is 0 Å². The predicted molar refractivity (Wildman–Crippen MR) is 40.7 cm³/mol. The first-order chi connectivity index (χ1) is 6.86. The molecule has 0 aliphatic carbocycles. The third kappa shape index (κ3) is 2.43. The van der Waals surface area contributed by atoms with Crippen LogP contribution in [0.1, 0.15) is 11.1 Å². The van der Waals surface area contributed by atoms with Crippen molar-refractivity contribution in [1.29, 1.82) is 5.26 Å². The Morgan fingerprint density at radius 1 is 1.20 bits per heavy atom. The van der Waals surface area contributed by atoms with E-state index in [0.717, 1.165) is 0 Å². The SMILES string of the molecule is N#CCc1cc(F)c(F)c(C(F)(F)F)c1. The molecule has 0 aromatic heterocycles. The summed E-state index contributed by atoms with van der Waals surface area (Å²) < 4.78 is 61.9. The van der Waals surface area contributed by atoms with Crippen LogP contribution in [0.25, 0.3) is 0 Å². The smallest absolute Gasteiger partial charge is 0.204 e. The molecule has 0 atom stereocenters. The molecule has 6 heteroatoms. The minimum absolute atomic E-state index is 0.205. The molecule has 0 N–H and O–H groups in total. The zero-order valence-electron chi connectivity index (χ0n) is 7.20. The summed E-state index contributed by atoms with van der Waals surface area (Å²) in [5.41, 5.74) is -1.89. The van der Waals surface area contributed by atoms with Gasteiger partial charge < -0.3 is 0 Å². The number of hydrogen-bond donors (Lipinski definition) is 0. The van der Waals surface area contributed by atoms with E-state index in [1.165, 1.54) is 0 Å². The van der Waals surface area contributed by atoms with Crippen molar-refractivity contribution in [2.45, 2.75) is 12.6 Å². The van der Waals surface area contributed by atoms with Crippen molar-refractivity contribution in [3.05, 3.63) is 34.9 Å². The van der Waals surface area contributed by atoms with E-state index in [9.17, 15) is 22.0 Å². The molecular weight excluding hydrogens is 217 g/mol. The van der Waals surface area contributed by atoms with Gasteiger partial charge in [-0.25, -0.2) is 8.78 Å². The number of benzene rings is 1. The van der Waals surface area contributed by atoms with Gasteiger partial charge in [-0.15, -0.1) is 0 Å². The molecule has 1 rings (SSSR count). The predicted octanol–water partition coefficient (Wildman–Crippen LogP) is 3.05. The normalized spacial score (nSPS) is 11.2. The molecule has 15 heavy (non-hydrogen) atoms. The van der Waals surface area contributed by atoms with Gasteiger partial charge >= 0.3 is 6.18 Å². The van der Waals surface area contributed by atoms with Crippen molar-refractivity contribution < 1.29 is 22.0 Å². The van der Waals surface area contributed by atoms with Crippen molar-refractivity contribution in [3.63, 3.8) is 0 Å². The third-order valence-electron chi connectivity index (χ3n) is 1.68. The second-order valence-electron chi connectivity index (χ2n) is 2.77. The van der Waals surface area contributed by atoms with Gasteiger partial charge in [-0.2, -0.15) is 18.4 Å². The van der Waals surface area contributed by atoms with E-state index < -0.39 is 29.8 Å². The van der Waals surface area contributed by atoms with Crippen LogP contribution < -0.4 is 0 Å². The highest BCUT2D eigenvalue weighted by Crippen LogP contribution is 2.33. The highest BCUT2D eigenvalue weighted by Gasteiger charge is 2.35. The molecule has 0 aliphatic rings. The van der Waals surface area contributed by atoms with Gasteiger partial charge in [-0.1, -0.05) is 0 Å². The fraction of sp³-hybridized carbons (Fsp3) is 0.222. The molecule has 1 aromatic rings. The van der Waals surface area contributed by atoms with Crippen LogP contribution in [0.4, 0.5) is 22.0 Å². The Kier molecular flexibility index (Phi) is 2.93. The second kappa shape index (κ2) is 3.85. The Morgan fingerprint density at radius 3 is 2.27 bits per heavy atom. The molecule has 0 heterocycles. The van der Waals surface area contributed by atoms with Crippen LogP contribution >= 0.6 is 0 Å². The Balaban J connectivity index is 3.33. The minimum Gasteiger partial charge on any atom is -0.204 e. The largest absolute Gasteiger partial charge is 0.419 e. The summed E-state index contributed by atoms with van der Waals surface area (Å²) in [5.74, 6) is -3.54. The number of alkyl halides is 3. The molecule has 0 saturated carbocycles. The summed E-state index contributed by atoms with van der Waals surface area (Å²) in [6.45, 7) is 0. The van der Waals surface area contributed by atoms with E-state index in [-0.39, 0.29) is 5.56 Å². The van der Waals surface area contributed by atoms with E-state index in [4.69, 9.17) is 5.26 Å². The van der Waals surface area contributed by atoms with Gasteiger partial charge in [0.2, 0.25) is 0 Å². The van der Waals surface area contributed by atoms with Crippen LogP contribution in [-0.2, 0) is 12.6 Å². The lowest BCUT2D eigenvalue weighted by Crippen LogP contribution is -2.10. The van der Waals surface area contributed by atoms with Gasteiger partial charge in [-0.05, 0) is 17.7 Å². The molecule has 0 fully saturated rings. The van der Waals surface area contributed by atoms with E-state index in [0.29, 0.717) is 12.1 Å². The summed E-state index contributed by atoms with van der Waals surface area (Å²) in [6.07, 6.45) is -5.36. The Hall–Kier alpha value is -1.64. The van der Waals surface area contributed by atoms with E-state index in [1.807, 2.05) is 0 Å². The molecule has 0 amide bonds. The molecule has 1 aromatic carbocycles. The molecule has 0 spiro atoms. The first kappa shape index (κ1) is 11.4. The molecular formula is C9H4F5N. The Labute approximate surface area is 81.7 Å². The molecule has 0 radical (unpaired) electrons. The third-order valence-corrected chi connectivity index (χ3v) is 1.68. The first-order valence-corrected chi connectivity index (χ1v) is 3.78. The van der Waals surface area contributed by atoms with Crippen LogP contribution in [0.5, 0.6) is 0 Å². The highest BCUT2D eigenvalue weighted by molar-refractivity contribution is 5.30. The first-order valence-electron chi connectivity index (χ1n) is 3.78. The molecule has 0 unspecified atom stereocenters. The molecule has 1 nitrogen and oxygen atoms in total. The van der Waals surface area contributed by atoms with Gasteiger partial charge in [0, 0.05) is 0 Å². The van der Waals surface area contributed by atoms with Gasteiger partial charge in [0.15, 0.2) is 11.6 Å². The Morgan fingerprint density at radius 2 is 1.80 bits per heavy atom. The summed E-state index contributed by atoms with van der Waals surface area (Å²) in [4.78, 5) is 0. The fourth-order valence-electron chi connectivity index (χ4n) is 1.04. The molecule has 0 aliphatic heterocycles. The summed E-state index contributed by atoms with van der Waals surface area (Å²) in [7, 11) is 0. The maximum absolute atomic E-state index is 12.7. The second-order valence-corrected chi connectivity index (χ2v) is 2.77. The average molecular weight is 221 g/mol. The number of hydrogen-bond acceptors (Lipinski definition) is 1. The number of rotatable bonds is 1. The van der Waals surface area contributed by atoms with Crippen molar-refractivity contribution in [2.24, 2.45) is 0 Å². The number of nitriles is 1. The van der Waals surface area contributed by atoms with Crippen molar-refractivity contribution >= 4 is 0 Å². The molecule has 0 bridgehead atoms. The quantitative estimate of drug-likeness (QED) is 0.668. The van der Waals surface area contributed by atoms with E-state index in [1.54, 1.807) is 6.07 Å². The topological polar surface area (TPSA) is 23.8 Å². The molecule has 80 valence electrons. The maximum atomic E-state index is 12.7. The van der Waals surface area contributed by atoms with Crippen LogP contribution in [0.3, 0.4) is 0 Å². The summed E-state index contributed by atoms with van der Waals surface area (Å²) >= 11 is 0. The lowest BCUT2D eigenvalue weighted by molar-refractivity contribution is -0.140. The monoisotopic (exact) mass is 221 g/mol. The van der Waals surface area contributed by atoms with Crippen LogP contribution in [-0.4, -0.2) is 0 Å². The van der Waals surface area contributed by atoms with Gasteiger partial charge in [0.25, 0.3) is 0 Å². The average Bonchev–Trinajstić information content (AvgIpc) is 2.09. The van der Waals surface area contributed by atoms with Crippen LogP contribution in [0.15, 0.2) is 12.1 Å². The highest BCUT2D eigenvalue weighted by atomic mass is 19.4. The van der Waals surface area contributed by atoms with Gasteiger partial charge in [0.05, 0.1) is 18.1 Å². The van der Waals surface area contributed by atoms with Crippen molar-refractivity contribution in [1.82, 2.24) is 0 Å². The van der Waals surface area contributed by atoms with Crippen LogP contribution in [0.2, 0.25) is 0 Å². The van der Waals surface area contributed by atoms with E-state index >= 15 is 0 Å². The number of nitrogens with zero attached hydrogens (tertiary/aromatic N) is 1. The summed E-state index contributed by atoms with van der Waals surface area (Å²) in [5, 5.41) is 8.23. The lowest BCUT2D eigenvalue weighted by Gasteiger charge is -2.09. The zero-order valence-corrected chi connectivity index (χ0v) is 7.20. The number of halogens is 5. The standard InChI is InChI=1S/C9H4F5N/c10-7-4-5(1-2-15)3-6(8(7)11)9(12,13)14/h3-4H,1H2. The lowest BCUT2D eigenvalue weighted by atomic mass is 10.1. The van der Waals surface area contributed by atoms with Crippen molar-refractivity contribution in [3.8, 4) is 6.07 Å². The maximum Gasteiger partial charge on any atom is 0.419 e.